The van der Waals surface area contributed by atoms with Crippen LogP contribution in [0, 0.1) is 0 Å². The highest BCUT2D eigenvalue weighted by Crippen LogP contribution is 2.29. The number of hydrogen-bond donors (Lipinski definition) is 2. The molecule has 0 spiro atoms. The van der Waals surface area contributed by atoms with Crippen LogP contribution in [0.5, 0.6) is 5.75 Å². The summed E-state index contributed by atoms with van der Waals surface area (Å²) >= 11 is 0. The Kier molecular flexibility index (Phi) is 5.83. The number of pyridine rings is 1. The number of aromatic nitrogens is 3. The number of ether oxygens (including phenoxy) is 1. The van der Waals surface area contributed by atoms with Crippen molar-refractivity contribution in [3.05, 3.63) is 51.9 Å². The van der Waals surface area contributed by atoms with Gasteiger partial charge in [0.1, 0.15) is 16.8 Å². The van der Waals surface area contributed by atoms with Gasteiger partial charge in [0.15, 0.2) is 5.82 Å². The molecule has 0 aliphatic carbocycles. The van der Waals surface area contributed by atoms with E-state index in [0.29, 0.717) is 45.7 Å². The number of H-pyrrole nitrogens is 1. The van der Waals surface area contributed by atoms with Gasteiger partial charge in [-0.2, -0.15) is 0 Å². The van der Waals surface area contributed by atoms with E-state index in [1.54, 1.807) is 12.1 Å². The van der Waals surface area contributed by atoms with E-state index in [2.05, 4.69) is 34.8 Å². The minimum atomic E-state index is -0.284. The van der Waals surface area contributed by atoms with Gasteiger partial charge in [0.2, 0.25) is 0 Å². The van der Waals surface area contributed by atoms with Crippen LogP contribution in [0.1, 0.15) is 43.9 Å². The van der Waals surface area contributed by atoms with Gasteiger partial charge in [0.25, 0.3) is 5.56 Å². The minimum Gasteiger partial charge on any atom is -0.496 e. The normalized spacial score (nSPS) is 15.8. The predicted octanol–water partition coefficient (Wildman–Crippen LogP) is 3.07. The third kappa shape index (κ3) is 3.95. The zero-order valence-corrected chi connectivity index (χ0v) is 17.7. The molecular weight excluding hydrogens is 380 g/mol. The minimum absolute atomic E-state index is 0.154. The second-order valence-electron chi connectivity index (χ2n) is 8.12. The molecule has 7 heteroatoms. The quantitative estimate of drug-likeness (QED) is 0.674. The van der Waals surface area contributed by atoms with Crippen LogP contribution >= 0.6 is 0 Å². The molecule has 0 saturated carbocycles. The Balaban J connectivity index is 1.69. The number of aliphatic hydroxyl groups is 1. The number of aromatic amines is 1. The lowest BCUT2D eigenvalue weighted by Crippen LogP contribution is -2.38. The first-order valence-corrected chi connectivity index (χ1v) is 10.4. The second-order valence-corrected chi connectivity index (χ2v) is 8.12. The lowest BCUT2D eigenvalue weighted by Gasteiger charge is -2.34. The van der Waals surface area contributed by atoms with Crippen LogP contribution in [0.2, 0.25) is 0 Å². The molecule has 1 aliphatic heterocycles. The van der Waals surface area contributed by atoms with Crippen molar-refractivity contribution in [1.82, 2.24) is 19.9 Å². The van der Waals surface area contributed by atoms with Crippen LogP contribution in [0.15, 0.2) is 35.1 Å². The standard InChI is InChI=1S/C23H28N4O3/c1-14(2)27-9-7-16(8-10-27)17-5-4-6-18(24-17)22-25-19-11-15(13-28)12-20(30-3)21(19)23(29)26-22/h4-6,11-12,14,16,28H,7-10,13H2,1-3H3,(H,25,26,29). The van der Waals surface area contributed by atoms with Crippen molar-refractivity contribution in [1.29, 1.82) is 0 Å². The number of nitrogens with one attached hydrogen (secondary N) is 1. The monoisotopic (exact) mass is 408 g/mol. The zero-order chi connectivity index (χ0) is 21.3. The Labute approximate surface area is 175 Å². The summed E-state index contributed by atoms with van der Waals surface area (Å²) in [5.74, 6) is 1.23. The van der Waals surface area contributed by atoms with Crippen molar-refractivity contribution < 1.29 is 9.84 Å². The molecule has 0 amide bonds. The van der Waals surface area contributed by atoms with Crippen molar-refractivity contribution in [3.8, 4) is 17.3 Å². The molecule has 0 unspecified atom stereocenters. The van der Waals surface area contributed by atoms with E-state index < -0.39 is 0 Å². The fraction of sp³-hybridized carbons (Fsp3) is 0.435. The summed E-state index contributed by atoms with van der Waals surface area (Å²) < 4.78 is 5.33. The van der Waals surface area contributed by atoms with Gasteiger partial charge in [-0.3, -0.25) is 4.79 Å². The van der Waals surface area contributed by atoms with Crippen LogP contribution in [0.4, 0.5) is 0 Å². The van der Waals surface area contributed by atoms with Crippen molar-refractivity contribution in [3.63, 3.8) is 0 Å². The van der Waals surface area contributed by atoms with E-state index >= 15 is 0 Å². The van der Waals surface area contributed by atoms with Gasteiger partial charge in [-0.15, -0.1) is 0 Å². The number of rotatable bonds is 5. The van der Waals surface area contributed by atoms with Crippen molar-refractivity contribution >= 4 is 10.9 Å². The van der Waals surface area contributed by atoms with Gasteiger partial charge in [-0.1, -0.05) is 6.07 Å². The Morgan fingerprint density at radius 3 is 2.67 bits per heavy atom. The van der Waals surface area contributed by atoms with Crippen molar-refractivity contribution in [2.45, 2.75) is 45.3 Å². The highest BCUT2D eigenvalue weighted by molar-refractivity contribution is 5.86. The lowest BCUT2D eigenvalue weighted by atomic mass is 9.92. The fourth-order valence-electron chi connectivity index (χ4n) is 4.19. The van der Waals surface area contributed by atoms with Crippen LogP contribution in [0.25, 0.3) is 22.4 Å². The molecule has 1 aliphatic rings. The maximum absolute atomic E-state index is 12.8. The third-order valence-electron chi connectivity index (χ3n) is 5.93. The highest BCUT2D eigenvalue weighted by Gasteiger charge is 2.23. The number of fused-ring (bicyclic) bond motifs is 1. The van der Waals surface area contributed by atoms with Gasteiger partial charge in [0, 0.05) is 17.7 Å². The Morgan fingerprint density at radius 1 is 1.23 bits per heavy atom. The maximum atomic E-state index is 12.8. The smallest absolute Gasteiger partial charge is 0.262 e. The summed E-state index contributed by atoms with van der Waals surface area (Å²) in [6.07, 6.45) is 2.15. The number of likely N-dealkylation sites (tertiary alicyclic amines) is 1. The predicted molar refractivity (Wildman–Crippen MR) is 117 cm³/mol. The molecule has 3 aromatic rings. The highest BCUT2D eigenvalue weighted by atomic mass is 16.5. The number of piperidine rings is 1. The van der Waals surface area contributed by atoms with Gasteiger partial charge in [-0.05, 0) is 69.6 Å². The summed E-state index contributed by atoms with van der Waals surface area (Å²) in [6, 6.07) is 9.83. The van der Waals surface area contributed by atoms with E-state index in [1.807, 2.05) is 12.1 Å². The number of hydrogen-bond acceptors (Lipinski definition) is 6. The molecule has 4 rings (SSSR count). The number of methoxy groups -OCH3 is 1. The summed E-state index contributed by atoms with van der Waals surface area (Å²) in [4.78, 5) is 27.6. The van der Waals surface area contributed by atoms with Gasteiger partial charge in [-0.25, -0.2) is 9.97 Å². The Morgan fingerprint density at radius 2 is 2.00 bits per heavy atom. The second kappa shape index (κ2) is 8.53. The lowest BCUT2D eigenvalue weighted by molar-refractivity contribution is 0.171. The van der Waals surface area contributed by atoms with Crippen LogP contribution in [-0.2, 0) is 6.61 Å². The van der Waals surface area contributed by atoms with E-state index in [4.69, 9.17) is 9.72 Å². The summed E-state index contributed by atoms with van der Waals surface area (Å²) in [5.41, 5.74) is 2.52. The number of benzene rings is 1. The zero-order valence-electron chi connectivity index (χ0n) is 17.7. The molecule has 2 aromatic heterocycles. The number of aliphatic hydroxyl groups excluding tert-OH is 1. The summed E-state index contributed by atoms with van der Waals surface area (Å²) in [7, 11) is 1.50. The molecule has 1 saturated heterocycles. The average Bonchev–Trinajstić information content (AvgIpc) is 2.78. The SMILES string of the molecule is COc1cc(CO)cc2nc(-c3cccc(C4CCN(C(C)C)CC4)n3)[nH]c(=O)c12. The molecule has 7 nitrogen and oxygen atoms in total. The summed E-state index contributed by atoms with van der Waals surface area (Å²) in [5, 5.41) is 9.89. The van der Waals surface area contributed by atoms with Crippen LogP contribution < -0.4 is 10.3 Å². The third-order valence-corrected chi connectivity index (χ3v) is 5.93. The first-order valence-electron chi connectivity index (χ1n) is 10.4. The topological polar surface area (TPSA) is 91.3 Å². The molecule has 158 valence electrons. The molecule has 2 N–H and O–H groups in total. The number of nitrogens with zero attached hydrogens (tertiary/aromatic N) is 3. The molecule has 0 bridgehead atoms. The van der Waals surface area contributed by atoms with E-state index in [0.717, 1.165) is 31.6 Å². The molecule has 1 aromatic carbocycles. The van der Waals surface area contributed by atoms with Crippen LogP contribution in [0.3, 0.4) is 0 Å². The van der Waals surface area contributed by atoms with Crippen molar-refractivity contribution in [2.75, 3.05) is 20.2 Å². The fourth-order valence-corrected chi connectivity index (χ4v) is 4.19. The van der Waals surface area contributed by atoms with E-state index in [9.17, 15) is 9.90 Å². The molecular formula is C23H28N4O3. The van der Waals surface area contributed by atoms with Gasteiger partial charge < -0.3 is 19.7 Å². The van der Waals surface area contributed by atoms with Gasteiger partial charge in [0.05, 0.1) is 19.2 Å². The molecule has 0 atom stereocenters. The van der Waals surface area contributed by atoms with Crippen LogP contribution in [-0.4, -0.2) is 51.2 Å². The Bertz CT molecular complexity index is 1100. The average molecular weight is 409 g/mol. The summed E-state index contributed by atoms with van der Waals surface area (Å²) in [6.45, 7) is 6.46. The Hall–Kier alpha value is -2.77. The van der Waals surface area contributed by atoms with E-state index in [1.165, 1.54) is 7.11 Å². The first-order chi connectivity index (χ1) is 14.5. The molecule has 3 heterocycles. The first kappa shape index (κ1) is 20.5. The largest absolute Gasteiger partial charge is 0.496 e. The molecule has 0 radical (unpaired) electrons. The van der Waals surface area contributed by atoms with Crippen molar-refractivity contribution in [2.24, 2.45) is 0 Å². The van der Waals surface area contributed by atoms with Gasteiger partial charge >= 0.3 is 0 Å². The van der Waals surface area contributed by atoms with E-state index in [-0.39, 0.29) is 12.2 Å². The maximum Gasteiger partial charge on any atom is 0.262 e. The molecule has 1 fully saturated rings. The molecule has 30 heavy (non-hydrogen) atoms.